The second-order valence-corrected chi connectivity index (χ2v) is 9.58. The molecule has 1 fully saturated rings. The summed E-state index contributed by atoms with van der Waals surface area (Å²) in [6, 6.07) is 6.33. The molecular weight excluding hydrogens is 422 g/mol. The topological polar surface area (TPSA) is 91.2 Å². The summed E-state index contributed by atoms with van der Waals surface area (Å²) in [4.78, 5) is 23.9. The maximum Gasteiger partial charge on any atom is 0.308 e. The zero-order valence-electron chi connectivity index (χ0n) is 18.8. The van der Waals surface area contributed by atoms with Crippen LogP contribution >= 0.6 is 11.8 Å². The molecule has 2 aromatic rings. The number of likely N-dealkylation sites (tertiary alicyclic amines) is 1. The van der Waals surface area contributed by atoms with E-state index in [1.807, 2.05) is 13.8 Å². The number of carbonyl (C=O) groups is 1. The van der Waals surface area contributed by atoms with Crippen molar-refractivity contribution in [3.8, 4) is 0 Å². The van der Waals surface area contributed by atoms with Crippen LogP contribution in [-0.2, 0) is 16.0 Å². The molecule has 0 amide bonds. The zero-order valence-corrected chi connectivity index (χ0v) is 19.6. The Bertz CT molecular complexity index is 975. The van der Waals surface area contributed by atoms with Crippen LogP contribution in [0.5, 0.6) is 0 Å². The Morgan fingerprint density at radius 1 is 1.31 bits per heavy atom. The Hall–Kier alpha value is -2.61. The predicted octanol–water partition coefficient (Wildman–Crippen LogP) is 4.90. The molecule has 0 radical (unpaired) electrons. The van der Waals surface area contributed by atoms with Crippen LogP contribution in [0.2, 0.25) is 0 Å². The van der Waals surface area contributed by atoms with Crippen LogP contribution < -0.4 is 5.32 Å². The second-order valence-electron chi connectivity index (χ2n) is 8.55. The summed E-state index contributed by atoms with van der Waals surface area (Å²) in [5, 5.41) is 12.9. The third-order valence-electron chi connectivity index (χ3n) is 6.23. The van der Waals surface area contributed by atoms with Crippen LogP contribution in [0.1, 0.15) is 45.1 Å². The fraction of sp³-hybridized carbons (Fsp3) is 0.500. The summed E-state index contributed by atoms with van der Waals surface area (Å²) in [5.74, 6) is 1.98. The van der Waals surface area contributed by atoms with Gasteiger partial charge in [0.15, 0.2) is 5.82 Å². The lowest BCUT2D eigenvalue weighted by molar-refractivity contribution is -0.147. The number of carbonyl (C=O) groups excluding carboxylic acids is 1. The number of piperidine rings is 1. The van der Waals surface area contributed by atoms with Gasteiger partial charge in [0.05, 0.1) is 18.2 Å². The standard InChI is InChI=1S/C24H31N5O2S/c1-3-31-24(30)16(2)4-5-17-8-12-29(13-9-17)21(25)15-18-6-7-20-19(14-18)28-22-23(32-20)27-11-10-26-22/h6-7,10-11,14,16-17,25H,3-5,8-9,12-13,15H2,1-2H3,(H,26,28). The summed E-state index contributed by atoms with van der Waals surface area (Å²) in [6.07, 6.45) is 8.12. The van der Waals surface area contributed by atoms with Crippen LogP contribution in [0, 0.1) is 17.2 Å². The highest BCUT2D eigenvalue weighted by molar-refractivity contribution is 7.99. The normalized spacial score (nSPS) is 16.5. The lowest BCUT2D eigenvalue weighted by atomic mass is 9.89. The molecule has 2 N–H and O–H groups in total. The Kier molecular flexibility index (Phi) is 7.29. The molecule has 3 heterocycles. The van der Waals surface area contributed by atoms with Gasteiger partial charge in [-0.3, -0.25) is 10.2 Å². The van der Waals surface area contributed by atoms with Gasteiger partial charge in [0, 0.05) is 36.8 Å². The van der Waals surface area contributed by atoms with E-state index in [2.05, 4.69) is 38.4 Å². The molecule has 1 atom stereocenters. The zero-order chi connectivity index (χ0) is 22.5. The third kappa shape index (κ3) is 5.41. The minimum Gasteiger partial charge on any atom is -0.466 e. The van der Waals surface area contributed by atoms with E-state index in [1.165, 1.54) is 0 Å². The van der Waals surface area contributed by atoms with Crippen LogP contribution in [0.4, 0.5) is 11.5 Å². The van der Waals surface area contributed by atoms with Gasteiger partial charge in [0.25, 0.3) is 0 Å². The van der Waals surface area contributed by atoms with Crippen LogP contribution in [-0.4, -0.2) is 46.4 Å². The van der Waals surface area contributed by atoms with Crippen molar-refractivity contribution in [1.82, 2.24) is 14.9 Å². The van der Waals surface area contributed by atoms with E-state index in [4.69, 9.17) is 10.1 Å². The molecule has 170 valence electrons. The van der Waals surface area contributed by atoms with Crippen LogP contribution in [0.15, 0.2) is 40.5 Å². The minimum absolute atomic E-state index is 0.0278. The van der Waals surface area contributed by atoms with E-state index in [0.29, 0.717) is 24.8 Å². The molecule has 1 aromatic heterocycles. The van der Waals surface area contributed by atoms with Gasteiger partial charge in [-0.1, -0.05) is 24.8 Å². The quantitative estimate of drug-likeness (QED) is 0.299. The number of hydrogen-bond donors (Lipinski definition) is 2. The molecule has 7 nitrogen and oxygen atoms in total. The van der Waals surface area contributed by atoms with Gasteiger partial charge in [-0.2, -0.15) is 0 Å². The van der Waals surface area contributed by atoms with E-state index in [-0.39, 0.29) is 11.9 Å². The van der Waals surface area contributed by atoms with Gasteiger partial charge in [0.1, 0.15) is 10.9 Å². The number of benzene rings is 1. The van der Waals surface area contributed by atoms with Crippen LogP contribution in [0.25, 0.3) is 0 Å². The molecule has 1 aromatic carbocycles. The number of fused-ring (bicyclic) bond motifs is 2. The molecular formula is C24H31N5O2S. The first-order chi connectivity index (χ1) is 15.5. The molecule has 2 aliphatic rings. The molecule has 0 saturated carbocycles. The molecule has 1 unspecified atom stereocenters. The van der Waals surface area contributed by atoms with Crippen molar-refractivity contribution < 1.29 is 9.53 Å². The Balaban J connectivity index is 1.26. The Morgan fingerprint density at radius 2 is 2.09 bits per heavy atom. The average Bonchev–Trinajstić information content (AvgIpc) is 2.81. The first-order valence-corrected chi connectivity index (χ1v) is 12.2. The average molecular weight is 454 g/mol. The minimum atomic E-state index is -0.0832. The maximum atomic E-state index is 11.8. The van der Waals surface area contributed by atoms with Crippen molar-refractivity contribution in [3.05, 3.63) is 36.2 Å². The van der Waals surface area contributed by atoms with Gasteiger partial charge in [-0.05, 0) is 56.2 Å². The van der Waals surface area contributed by atoms with E-state index >= 15 is 0 Å². The third-order valence-corrected chi connectivity index (χ3v) is 7.30. The number of rotatable bonds is 7. The lowest BCUT2D eigenvalue weighted by Gasteiger charge is -2.34. The molecule has 8 heteroatoms. The summed E-state index contributed by atoms with van der Waals surface area (Å²) >= 11 is 1.62. The number of amidine groups is 1. The van der Waals surface area contributed by atoms with E-state index in [1.54, 1.807) is 24.2 Å². The SMILES string of the molecule is CCOC(=O)C(C)CCC1CCN(C(=N)Cc2ccc3c(c2)Nc2nccnc2S3)CC1. The molecule has 2 aliphatic heterocycles. The van der Waals surface area contributed by atoms with Gasteiger partial charge >= 0.3 is 5.97 Å². The molecule has 1 saturated heterocycles. The maximum absolute atomic E-state index is 11.8. The van der Waals surface area contributed by atoms with Gasteiger partial charge in [-0.15, -0.1) is 0 Å². The molecule has 32 heavy (non-hydrogen) atoms. The van der Waals surface area contributed by atoms with Gasteiger partial charge < -0.3 is 15.0 Å². The Labute approximate surface area is 193 Å². The molecule has 0 spiro atoms. The fourth-order valence-corrected chi connectivity index (χ4v) is 5.15. The highest BCUT2D eigenvalue weighted by atomic mass is 32.2. The second kappa shape index (κ2) is 10.3. The van der Waals surface area contributed by atoms with Crippen molar-refractivity contribution in [2.45, 2.75) is 55.9 Å². The number of nitrogens with one attached hydrogen (secondary N) is 2. The number of esters is 1. The fourth-order valence-electron chi connectivity index (χ4n) is 4.28. The number of aromatic nitrogens is 2. The highest BCUT2D eigenvalue weighted by Crippen LogP contribution is 2.42. The summed E-state index contributed by atoms with van der Waals surface area (Å²) < 4.78 is 5.11. The first-order valence-electron chi connectivity index (χ1n) is 11.4. The summed E-state index contributed by atoms with van der Waals surface area (Å²) in [7, 11) is 0. The summed E-state index contributed by atoms with van der Waals surface area (Å²) in [5.41, 5.74) is 2.15. The Morgan fingerprint density at radius 3 is 2.88 bits per heavy atom. The molecule has 0 aliphatic carbocycles. The predicted molar refractivity (Wildman–Crippen MR) is 127 cm³/mol. The van der Waals surface area contributed by atoms with Crippen LogP contribution in [0.3, 0.4) is 0 Å². The first kappa shape index (κ1) is 22.6. The van der Waals surface area contributed by atoms with Crippen molar-refractivity contribution in [1.29, 1.82) is 5.41 Å². The van der Waals surface area contributed by atoms with E-state index in [0.717, 1.165) is 65.8 Å². The number of anilines is 2. The summed E-state index contributed by atoms with van der Waals surface area (Å²) in [6.45, 7) is 6.09. The highest BCUT2D eigenvalue weighted by Gasteiger charge is 2.24. The monoisotopic (exact) mass is 453 g/mol. The number of ether oxygens (including phenoxy) is 1. The smallest absolute Gasteiger partial charge is 0.308 e. The number of nitrogens with zero attached hydrogens (tertiary/aromatic N) is 3. The van der Waals surface area contributed by atoms with E-state index in [9.17, 15) is 4.79 Å². The van der Waals surface area contributed by atoms with Crippen molar-refractivity contribution in [3.63, 3.8) is 0 Å². The molecule has 4 rings (SSSR count). The van der Waals surface area contributed by atoms with Crippen molar-refractivity contribution in [2.75, 3.05) is 25.0 Å². The van der Waals surface area contributed by atoms with Gasteiger partial charge in [0.2, 0.25) is 0 Å². The van der Waals surface area contributed by atoms with Crippen molar-refractivity contribution >= 4 is 35.1 Å². The molecule has 0 bridgehead atoms. The van der Waals surface area contributed by atoms with E-state index < -0.39 is 0 Å². The largest absolute Gasteiger partial charge is 0.466 e. The van der Waals surface area contributed by atoms with Crippen molar-refractivity contribution in [2.24, 2.45) is 11.8 Å². The number of hydrogen-bond acceptors (Lipinski definition) is 7. The van der Waals surface area contributed by atoms with Gasteiger partial charge in [-0.25, -0.2) is 9.97 Å². The lowest BCUT2D eigenvalue weighted by Crippen LogP contribution is -2.39.